The molecule has 0 radical (unpaired) electrons. The van der Waals surface area contributed by atoms with E-state index in [9.17, 15) is 14.4 Å². The van der Waals surface area contributed by atoms with E-state index in [0.29, 0.717) is 5.75 Å². The van der Waals surface area contributed by atoms with Crippen LogP contribution in [-0.4, -0.2) is 30.4 Å². The number of hydrogen-bond acceptors (Lipinski definition) is 4. The van der Waals surface area contributed by atoms with Gasteiger partial charge in [0.15, 0.2) is 0 Å². The fourth-order valence-corrected chi connectivity index (χ4v) is 1.72. The summed E-state index contributed by atoms with van der Waals surface area (Å²) < 4.78 is 5.36. The summed E-state index contributed by atoms with van der Waals surface area (Å²) in [6, 6.07) is 8.38. The van der Waals surface area contributed by atoms with Crippen molar-refractivity contribution >= 4 is 17.7 Å². The molecule has 1 fully saturated rings. The normalized spacial score (nSPS) is 18.0. The van der Waals surface area contributed by atoms with Gasteiger partial charge in [-0.2, -0.15) is 0 Å². The minimum absolute atomic E-state index is 0.00408. The Morgan fingerprint density at radius 1 is 1.32 bits per heavy atom. The van der Waals surface area contributed by atoms with Crippen molar-refractivity contribution in [3.05, 3.63) is 30.3 Å². The van der Waals surface area contributed by atoms with Gasteiger partial charge in [0.1, 0.15) is 11.8 Å². The fraction of sp³-hybridized carbons (Fsp3) is 0.308. The van der Waals surface area contributed by atoms with E-state index in [2.05, 4.69) is 10.6 Å². The first-order valence-corrected chi connectivity index (χ1v) is 5.96. The Bertz CT molecular complexity index is 487. The molecular weight excluding hydrogens is 248 g/mol. The molecule has 1 atom stereocenters. The van der Waals surface area contributed by atoms with E-state index in [-0.39, 0.29) is 31.3 Å². The molecule has 0 spiro atoms. The molecule has 2 N–H and O–H groups in total. The van der Waals surface area contributed by atoms with Crippen LogP contribution in [-0.2, 0) is 14.4 Å². The molecule has 6 nitrogen and oxygen atoms in total. The molecule has 3 amide bonds. The summed E-state index contributed by atoms with van der Waals surface area (Å²) in [5, 5.41) is 4.62. The lowest BCUT2D eigenvalue weighted by Gasteiger charge is -2.09. The lowest BCUT2D eigenvalue weighted by atomic mass is 10.2. The highest BCUT2D eigenvalue weighted by atomic mass is 16.5. The molecule has 100 valence electrons. The molecule has 0 aromatic heterocycles. The Hall–Kier alpha value is -2.37. The summed E-state index contributed by atoms with van der Waals surface area (Å²) in [7, 11) is 0. The van der Waals surface area contributed by atoms with Crippen molar-refractivity contribution < 1.29 is 19.1 Å². The van der Waals surface area contributed by atoms with Crippen LogP contribution in [0.1, 0.15) is 12.8 Å². The van der Waals surface area contributed by atoms with E-state index in [1.807, 2.05) is 18.2 Å². The Morgan fingerprint density at radius 3 is 2.68 bits per heavy atom. The number of carbonyl (C=O) groups is 3. The van der Waals surface area contributed by atoms with Crippen molar-refractivity contribution in [3.63, 3.8) is 0 Å². The number of nitrogens with one attached hydrogen (secondary N) is 2. The fourth-order valence-electron chi connectivity index (χ4n) is 1.72. The Kier molecular flexibility index (Phi) is 4.12. The standard InChI is InChI=1S/C13H14N2O4/c16-11(14-10-8-12(17)15-13(10)18)6-7-19-9-4-2-1-3-5-9/h1-5,10H,6-8H2,(H,14,16)(H,15,17,18). The van der Waals surface area contributed by atoms with Gasteiger partial charge in [-0.25, -0.2) is 0 Å². The predicted molar refractivity (Wildman–Crippen MR) is 66.3 cm³/mol. The van der Waals surface area contributed by atoms with Gasteiger partial charge < -0.3 is 10.1 Å². The van der Waals surface area contributed by atoms with Gasteiger partial charge >= 0.3 is 0 Å². The van der Waals surface area contributed by atoms with Crippen LogP contribution in [0.4, 0.5) is 0 Å². The molecule has 6 heteroatoms. The average Bonchev–Trinajstić information content (AvgIpc) is 2.69. The van der Waals surface area contributed by atoms with Gasteiger partial charge in [0.25, 0.3) is 0 Å². The Balaban J connectivity index is 1.70. The van der Waals surface area contributed by atoms with E-state index in [0.717, 1.165) is 0 Å². The first-order valence-electron chi connectivity index (χ1n) is 5.96. The number of benzene rings is 1. The molecule has 1 aromatic carbocycles. The molecule has 1 aliphatic rings. The quantitative estimate of drug-likeness (QED) is 0.731. The van der Waals surface area contributed by atoms with E-state index < -0.39 is 11.9 Å². The van der Waals surface area contributed by atoms with Crippen molar-refractivity contribution in [2.24, 2.45) is 0 Å². The predicted octanol–water partition coefficient (Wildman–Crippen LogP) is -0.0132. The summed E-state index contributed by atoms with van der Waals surface area (Å²) in [6.07, 6.45) is 0.136. The number of carbonyl (C=O) groups excluding carboxylic acids is 3. The molecule has 1 heterocycles. The lowest BCUT2D eigenvalue weighted by molar-refractivity contribution is -0.128. The number of ether oxygens (including phenoxy) is 1. The smallest absolute Gasteiger partial charge is 0.249 e. The Morgan fingerprint density at radius 2 is 2.05 bits per heavy atom. The molecule has 1 saturated heterocycles. The van der Waals surface area contributed by atoms with Gasteiger partial charge in [-0.05, 0) is 12.1 Å². The zero-order chi connectivity index (χ0) is 13.7. The molecule has 19 heavy (non-hydrogen) atoms. The van der Waals surface area contributed by atoms with Crippen molar-refractivity contribution in [1.82, 2.24) is 10.6 Å². The van der Waals surface area contributed by atoms with Gasteiger partial charge in [0.05, 0.1) is 19.4 Å². The molecule has 1 aliphatic heterocycles. The minimum atomic E-state index is -0.753. The third-order valence-electron chi connectivity index (χ3n) is 2.64. The highest BCUT2D eigenvalue weighted by Gasteiger charge is 2.31. The van der Waals surface area contributed by atoms with Gasteiger partial charge in [0.2, 0.25) is 17.7 Å². The van der Waals surface area contributed by atoms with Crippen LogP contribution in [0.25, 0.3) is 0 Å². The van der Waals surface area contributed by atoms with Crippen LogP contribution in [0.15, 0.2) is 30.3 Å². The molecular formula is C13H14N2O4. The first kappa shape index (κ1) is 13.1. The summed E-state index contributed by atoms with van der Waals surface area (Å²) in [5.41, 5.74) is 0. The first-order chi connectivity index (χ1) is 9.15. The molecule has 1 unspecified atom stereocenters. The van der Waals surface area contributed by atoms with E-state index in [1.165, 1.54) is 0 Å². The zero-order valence-corrected chi connectivity index (χ0v) is 10.2. The summed E-state index contributed by atoms with van der Waals surface area (Å²) >= 11 is 0. The Labute approximate surface area is 110 Å². The molecule has 0 aliphatic carbocycles. The van der Waals surface area contributed by atoms with Crippen LogP contribution >= 0.6 is 0 Å². The van der Waals surface area contributed by atoms with E-state index >= 15 is 0 Å². The lowest BCUT2D eigenvalue weighted by Crippen LogP contribution is -2.40. The van der Waals surface area contributed by atoms with Crippen LogP contribution in [0, 0.1) is 0 Å². The van der Waals surface area contributed by atoms with Crippen molar-refractivity contribution in [2.45, 2.75) is 18.9 Å². The van der Waals surface area contributed by atoms with Gasteiger partial charge in [-0.1, -0.05) is 18.2 Å². The second-order valence-corrected chi connectivity index (χ2v) is 4.15. The third kappa shape index (κ3) is 3.80. The molecule has 2 rings (SSSR count). The second kappa shape index (κ2) is 5.99. The SMILES string of the molecule is O=C1CC(NC(=O)CCOc2ccccc2)C(=O)N1. The average molecular weight is 262 g/mol. The number of amides is 3. The molecule has 1 aromatic rings. The van der Waals surface area contributed by atoms with Crippen LogP contribution in [0.5, 0.6) is 5.75 Å². The van der Waals surface area contributed by atoms with Crippen molar-refractivity contribution in [3.8, 4) is 5.75 Å². The molecule has 0 bridgehead atoms. The zero-order valence-electron chi connectivity index (χ0n) is 10.2. The summed E-state index contributed by atoms with van der Waals surface area (Å²) in [4.78, 5) is 33.7. The van der Waals surface area contributed by atoms with Crippen molar-refractivity contribution in [1.29, 1.82) is 0 Å². The topological polar surface area (TPSA) is 84.5 Å². The van der Waals surface area contributed by atoms with Gasteiger partial charge in [-0.3, -0.25) is 19.7 Å². The van der Waals surface area contributed by atoms with Crippen LogP contribution in [0.3, 0.4) is 0 Å². The van der Waals surface area contributed by atoms with Crippen LogP contribution in [0.2, 0.25) is 0 Å². The van der Waals surface area contributed by atoms with Gasteiger partial charge in [0, 0.05) is 0 Å². The number of rotatable bonds is 5. The second-order valence-electron chi connectivity index (χ2n) is 4.15. The summed E-state index contributed by atoms with van der Waals surface area (Å²) in [6.45, 7) is 0.220. The van der Waals surface area contributed by atoms with Crippen LogP contribution < -0.4 is 15.4 Å². The summed E-state index contributed by atoms with van der Waals surface area (Å²) in [5.74, 6) is -0.451. The largest absolute Gasteiger partial charge is 0.493 e. The third-order valence-corrected chi connectivity index (χ3v) is 2.64. The molecule has 0 saturated carbocycles. The monoisotopic (exact) mass is 262 g/mol. The maximum atomic E-state index is 11.6. The minimum Gasteiger partial charge on any atom is -0.493 e. The number of imide groups is 1. The number of para-hydroxylation sites is 1. The van der Waals surface area contributed by atoms with E-state index in [4.69, 9.17) is 4.74 Å². The number of hydrogen-bond donors (Lipinski definition) is 2. The maximum Gasteiger partial charge on any atom is 0.249 e. The highest BCUT2D eigenvalue weighted by Crippen LogP contribution is 2.08. The van der Waals surface area contributed by atoms with Crippen molar-refractivity contribution in [2.75, 3.05) is 6.61 Å². The van der Waals surface area contributed by atoms with E-state index in [1.54, 1.807) is 12.1 Å². The maximum absolute atomic E-state index is 11.6. The highest BCUT2D eigenvalue weighted by molar-refractivity contribution is 6.06. The van der Waals surface area contributed by atoms with Gasteiger partial charge in [-0.15, -0.1) is 0 Å².